The number of rotatable bonds is 5. The van der Waals surface area contributed by atoms with Gasteiger partial charge in [0.15, 0.2) is 0 Å². The van der Waals surface area contributed by atoms with Gasteiger partial charge in [-0.15, -0.1) is 0 Å². The van der Waals surface area contributed by atoms with Crippen LogP contribution in [0.5, 0.6) is 0 Å². The van der Waals surface area contributed by atoms with E-state index in [9.17, 15) is 4.79 Å². The molecule has 32 heavy (non-hydrogen) atoms. The van der Waals surface area contributed by atoms with Crippen LogP contribution in [-0.4, -0.2) is 29.1 Å². The van der Waals surface area contributed by atoms with Crippen molar-refractivity contribution in [2.24, 2.45) is 0 Å². The van der Waals surface area contributed by atoms with E-state index in [0.717, 1.165) is 53.1 Å². The highest BCUT2D eigenvalue weighted by Gasteiger charge is 2.15. The summed E-state index contributed by atoms with van der Waals surface area (Å²) in [4.78, 5) is 24.0. The van der Waals surface area contributed by atoms with Crippen molar-refractivity contribution in [3.63, 3.8) is 0 Å². The van der Waals surface area contributed by atoms with Crippen LogP contribution in [0.3, 0.4) is 0 Å². The third-order valence-electron chi connectivity index (χ3n) is 5.54. The van der Waals surface area contributed by atoms with Gasteiger partial charge in [0.25, 0.3) is 0 Å². The monoisotopic (exact) mass is 430 g/mol. The number of carbonyl (C=O) groups excluding carboxylic acids is 1. The molecule has 0 saturated carbocycles. The lowest BCUT2D eigenvalue weighted by molar-refractivity contribution is 0.262. The first kappa shape index (κ1) is 21.6. The number of hydrogen-bond donors (Lipinski definition) is 3. The van der Waals surface area contributed by atoms with Gasteiger partial charge in [0, 0.05) is 41.9 Å². The third-order valence-corrected chi connectivity index (χ3v) is 5.54. The van der Waals surface area contributed by atoms with E-state index in [4.69, 9.17) is 4.98 Å². The number of anilines is 5. The molecular weight excluding hydrogens is 400 g/mol. The van der Waals surface area contributed by atoms with Gasteiger partial charge in [0.1, 0.15) is 5.82 Å². The van der Waals surface area contributed by atoms with E-state index in [1.54, 1.807) is 0 Å². The van der Waals surface area contributed by atoms with Crippen molar-refractivity contribution in [2.75, 3.05) is 33.9 Å². The predicted molar refractivity (Wildman–Crippen MR) is 131 cm³/mol. The molecule has 2 aromatic carbocycles. The Bertz CT molecular complexity index is 1090. The Morgan fingerprint density at radius 1 is 0.844 bits per heavy atom. The summed E-state index contributed by atoms with van der Waals surface area (Å²) in [6, 6.07) is 15.2. The fourth-order valence-electron chi connectivity index (χ4n) is 3.79. The van der Waals surface area contributed by atoms with Crippen LogP contribution in [0.4, 0.5) is 33.6 Å². The Hall–Kier alpha value is -3.61. The lowest BCUT2D eigenvalue weighted by Gasteiger charge is -2.27. The highest BCUT2D eigenvalue weighted by Crippen LogP contribution is 2.22. The molecule has 1 aromatic heterocycles. The number of aromatic nitrogens is 2. The van der Waals surface area contributed by atoms with Crippen LogP contribution in [-0.2, 0) is 0 Å². The Morgan fingerprint density at radius 3 is 2.31 bits per heavy atom. The molecular formula is C25H30N6O. The van der Waals surface area contributed by atoms with E-state index in [2.05, 4.69) is 25.8 Å². The first-order valence-electron chi connectivity index (χ1n) is 11.1. The Labute approximate surface area is 189 Å². The average Bonchev–Trinajstić information content (AvgIpc) is 2.78. The molecule has 1 saturated heterocycles. The van der Waals surface area contributed by atoms with Gasteiger partial charge in [-0.2, -0.15) is 4.98 Å². The summed E-state index contributed by atoms with van der Waals surface area (Å²) in [7, 11) is 0. The molecule has 0 unspecified atom stereocenters. The van der Waals surface area contributed by atoms with Gasteiger partial charge in [0.05, 0.1) is 0 Å². The Balaban J connectivity index is 1.39. The van der Waals surface area contributed by atoms with Crippen molar-refractivity contribution in [1.82, 2.24) is 9.97 Å². The normalized spacial score (nSPS) is 13.5. The SMILES string of the molecule is Cc1ccc(C)c(NC(=O)Nc2ccc(Nc3cc(C)nc(N4CCCCC4)n3)cc2)c1. The molecule has 1 aliphatic rings. The fraction of sp³-hybridized carbons (Fsp3) is 0.320. The molecule has 166 valence electrons. The van der Waals surface area contributed by atoms with Crippen LogP contribution in [0.25, 0.3) is 0 Å². The highest BCUT2D eigenvalue weighted by atomic mass is 16.2. The minimum absolute atomic E-state index is 0.267. The molecule has 3 aromatic rings. The zero-order chi connectivity index (χ0) is 22.5. The second-order valence-electron chi connectivity index (χ2n) is 8.34. The molecule has 0 bridgehead atoms. The number of carbonyl (C=O) groups is 1. The van der Waals surface area contributed by atoms with Crippen LogP contribution >= 0.6 is 0 Å². The van der Waals surface area contributed by atoms with Gasteiger partial charge in [-0.3, -0.25) is 0 Å². The summed E-state index contributed by atoms with van der Waals surface area (Å²) >= 11 is 0. The molecule has 0 atom stereocenters. The summed E-state index contributed by atoms with van der Waals surface area (Å²) in [5.74, 6) is 1.56. The zero-order valence-corrected chi connectivity index (χ0v) is 18.9. The number of piperidine rings is 1. The topological polar surface area (TPSA) is 82.2 Å². The predicted octanol–water partition coefficient (Wildman–Crippen LogP) is 5.78. The van der Waals surface area contributed by atoms with E-state index in [-0.39, 0.29) is 6.03 Å². The van der Waals surface area contributed by atoms with Crippen molar-refractivity contribution in [3.8, 4) is 0 Å². The smallest absolute Gasteiger partial charge is 0.323 e. The maximum atomic E-state index is 12.4. The largest absolute Gasteiger partial charge is 0.341 e. The first-order chi connectivity index (χ1) is 15.5. The van der Waals surface area contributed by atoms with Crippen LogP contribution in [0.1, 0.15) is 36.1 Å². The Morgan fingerprint density at radius 2 is 1.56 bits per heavy atom. The van der Waals surface area contributed by atoms with Crippen molar-refractivity contribution in [1.29, 1.82) is 0 Å². The van der Waals surface area contributed by atoms with Gasteiger partial charge < -0.3 is 20.9 Å². The molecule has 1 fully saturated rings. The maximum absolute atomic E-state index is 12.4. The molecule has 7 heteroatoms. The number of aryl methyl sites for hydroxylation is 3. The van der Waals surface area contributed by atoms with Crippen molar-refractivity contribution < 1.29 is 4.79 Å². The van der Waals surface area contributed by atoms with Crippen LogP contribution in [0, 0.1) is 20.8 Å². The number of nitrogens with zero attached hydrogens (tertiary/aromatic N) is 3. The van der Waals surface area contributed by atoms with E-state index in [1.807, 2.05) is 69.3 Å². The lowest BCUT2D eigenvalue weighted by atomic mass is 10.1. The summed E-state index contributed by atoms with van der Waals surface area (Å²) < 4.78 is 0. The molecule has 0 spiro atoms. The van der Waals surface area contributed by atoms with Crippen LogP contribution in [0.15, 0.2) is 48.5 Å². The molecule has 3 N–H and O–H groups in total. The standard InChI is InChI=1S/C25H30N6O/c1-17-7-8-18(2)22(15-17)29-25(32)28-21-11-9-20(10-12-21)27-23-16-19(3)26-24(30-23)31-13-5-4-6-14-31/h7-12,15-16H,4-6,13-14H2,1-3H3,(H,26,27,30)(H2,28,29,32). The van der Waals surface area contributed by atoms with Gasteiger partial charge in [-0.05, 0) is 81.5 Å². The number of benzene rings is 2. The van der Waals surface area contributed by atoms with E-state index < -0.39 is 0 Å². The molecule has 0 aliphatic carbocycles. The summed E-state index contributed by atoms with van der Waals surface area (Å²) in [6.45, 7) is 7.98. The molecule has 0 radical (unpaired) electrons. The number of nitrogens with one attached hydrogen (secondary N) is 3. The zero-order valence-electron chi connectivity index (χ0n) is 18.9. The van der Waals surface area contributed by atoms with Crippen molar-refractivity contribution >= 4 is 34.9 Å². The van der Waals surface area contributed by atoms with Crippen LogP contribution < -0.4 is 20.9 Å². The summed E-state index contributed by atoms with van der Waals surface area (Å²) in [5, 5.41) is 9.14. The van der Waals surface area contributed by atoms with Crippen molar-refractivity contribution in [2.45, 2.75) is 40.0 Å². The average molecular weight is 431 g/mol. The molecule has 1 aliphatic heterocycles. The number of urea groups is 1. The molecule has 2 amide bonds. The lowest BCUT2D eigenvalue weighted by Crippen LogP contribution is -2.31. The Kier molecular flexibility index (Phi) is 6.54. The van der Waals surface area contributed by atoms with Gasteiger partial charge >= 0.3 is 6.03 Å². The summed E-state index contributed by atoms with van der Waals surface area (Å²) in [6.07, 6.45) is 3.65. The van der Waals surface area contributed by atoms with Gasteiger partial charge in [-0.25, -0.2) is 9.78 Å². The maximum Gasteiger partial charge on any atom is 0.323 e. The fourth-order valence-corrected chi connectivity index (χ4v) is 3.79. The third kappa shape index (κ3) is 5.55. The van der Waals surface area contributed by atoms with E-state index in [0.29, 0.717) is 5.69 Å². The van der Waals surface area contributed by atoms with Gasteiger partial charge in [0.2, 0.25) is 5.95 Å². The first-order valence-corrected chi connectivity index (χ1v) is 11.1. The summed E-state index contributed by atoms with van der Waals surface area (Å²) in [5.41, 5.74) is 5.48. The van der Waals surface area contributed by atoms with E-state index in [1.165, 1.54) is 19.3 Å². The van der Waals surface area contributed by atoms with Crippen LogP contribution in [0.2, 0.25) is 0 Å². The van der Waals surface area contributed by atoms with E-state index >= 15 is 0 Å². The minimum Gasteiger partial charge on any atom is -0.341 e. The highest BCUT2D eigenvalue weighted by molar-refractivity contribution is 6.00. The second kappa shape index (κ2) is 9.68. The number of amides is 2. The number of hydrogen-bond acceptors (Lipinski definition) is 5. The molecule has 7 nitrogen and oxygen atoms in total. The quantitative estimate of drug-likeness (QED) is 0.478. The van der Waals surface area contributed by atoms with Gasteiger partial charge in [-0.1, -0.05) is 12.1 Å². The molecule has 2 heterocycles. The van der Waals surface area contributed by atoms with Crippen molar-refractivity contribution in [3.05, 3.63) is 65.4 Å². The minimum atomic E-state index is -0.267. The second-order valence-corrected chi connectivity index (χ2v) is 8.34. The molecule has 4 rings (SSSR count).